The summed E-state index contributed by atoms with van der Waals surface area (Å²) in [6.07, 6.45) is 0. The van der Waals surface area contributed by atoms with Crippen LogP contribution in [-0.4, -0.2) is 57.8 Å². The Labute approximate surface area is 179 Å². The van der Waals surface area contributed by atoms with E-state index in [1.54, 1.807) is 13.2 Å². The number of aromatic nitrogens is 4. The van der Waals surface area contributed by atoms with Gasteiger partial charge in [-0.25, -0.2) is 4.98 Å². The lowest BCUT2D eigenvalue weighted by Crippen LogP contribution is -2.46. The first-order valence-electron chi connectivity index (χ1n) is 10.4. The number of aromatic amines is 1. The zero-order valence-electron chi connectivity index (χ0n) is 17.4. The highest BCUT2D eigenvalue weighted by atomic mass is 16.5. The smallest absolute Gasteiger partial charge is 0.274 e. The number of rotatable bonds is 5. The number of piperazine rings is 1. The molecular weight excluding hydrogens is 392 g/mol. The Hall–Kier alpha value is -3.65. The van der Waals surface area contributed by atoms with Gasteiger partial charge in [-0.05, 0) is 12.1 Å². The molecule has 0 spiro atoms. The van der Waals surface area contributed by atoms with Crippen molar-refractivity contribution in [2.45, 2.75) is 6.54 Å². The zero-order chi connectivity index (χ0) is 21.2. The van der Waals surface area contributed by atoms with Crippen LogP contribution in [0.25, 0.3) is 17.2 Å². The van der Waals surface area contributed by atoms with Gasteiger partial charge < -0.3 is 9.64 Å². The van der Waals surface area contributed by atoms with Gasteiger partial charge in [-0.1, -0.05) is 42.5 Å². The lowest BCUT2D eigenvalue weighted by atomic mass is 10.2. The van der Waals surface area contributed by atoms with Crippen molar-refractivity contribution < 1.29 is 4.74 Å². The average Bonchev–Trinajstić information content (AvgIpc) is 3.25. The van der Waals surface area contributed by atoms with E-state index in [9.17, 15) is 4.79 Å². The molecule has 0 aliphatic carbocycles. The van der Waals surface area contributed by atoms with Crippen LogP contribution in [0.5, 0.6) is 5.75 Å². The second-order valence-corrected chi connectivity index (χ2v) is 7.59. The number of ether oxygens (including phenoxy) is 1. The van der Waals surface area contributed by atoms with Crippen molar-refractivity contribution in [1.82, 2.24) is 24.5 Å². The molecule has 1 N–H and O–H groups in total. The van der Waals surface area contributed by atoms with E-state index < -0.39 is 0 Å². The zero-order valence-corrected chi connectivity index (χ0v) is 17.4. The van der Waals surface area contributed by atoms with Crippen LogP contribution in [0.4, 0.5) is 5.69 Å². The van der Waals surface area contributed by atoms with Crippen LogP contribution in [-0.2, 0) is 6.54 Å². The molecule has 1 saturated heterocycles. The molecule has 0 radical (unpaired) electrons. The predicted octanol–water partition coefficient (Wildman–Crippen LogP) is 2.42. The number of methoxy groups -OCH3 is 1. The molecule has 5 rings (SSSR count). The largest absolute Gasteiger partial charge is 0.495 e. The summed E-state index contributed by atoms with van der Waals surface area (Å²) in [5, 5.41) is 3.04. The second-order valence-electron chi connectivity index (χ2n) is 7.59. The molecule has 158 valence electrons. The third kappa shape index (κ3) is 3.89. The summed E-state index contributed by atoms with van der Waals surface area (Å²) in [6, 6.07) is 19.4. The maximum Gasteiger partial charge on any atom is 0.274 e. The highest BCUT2D eigenvalue weighted by Gasteiger charge is 2.20. The van der Waals surface area contributed by atoms with Crippen LogP contribution in [0, 0.1) is 0 Å². The summed E-state index contributed by atoms with van der Waals surface area (Å²) in [6.45, 7) is 4.17. The number of H-pyrrole nitrogens is 1. The number of hydrogen-bond acceptors (Lipinski definition) is 6. The van der Waals surface area contributed by atoms with Crippen molar-refractivity contribution in [2.75, 3.05) is 38.2 Å². The molecule has 4 aromatic rings. The molecule has 0 unspecified atom stereocenters. The van der Waals surface area contributed by atoms with Gasteiger partial charge in [-0.2, -0.15) is 9.50 Å². The van der Waals surface area contributed by atoms with Crippen molar-refractivity contribution >= 4 is 11.5 Å². The highest BCUT2D eigenvalue weighted by molar-refractivity contribution is 5.59. The third-order valence-corrected chi connectivity index (χ3v) is 5.61. The highest BCUT2D eigenvalue weighted by Crippen LogP contribution is 2.28. The van der Waals surface area contributed by atoms with Crippen molar-refractivity contribution in [3.63, 3.8) is 0 Å². The molecule has 2 aromatic heterocycles. The Balaban J connectivity index is 1.30. The minimum atomic E-state index is -0.151. The van der Waals surface area contributed by atoms with Crippen LogP contribution in [0.15, 0.2) is 65.5 Å². The second kappa shape index (κ2) is 8.23. The number of nitrogens with one attached hydrogen (secondary N) is 1. The normalized spacial score (nSPS) is 14.8. The van der Waals surface area contributed by atoms with Gasteiger partial charge in [0.1, 0.15) is 5.75 Å². The lowest BCUT2D eigenvalue weighted by molar-refractivity contribution is 0.246. The van der Waals surface area contributed by atoms with Gasteiger partial charge in [0.15, 0.2) is 5.82 Å². The number of hydrogen-bond donors (Lipinski definition) is 1. The van der Waals surface area contributed by atoms with Gasteiger partial charge in [-0.15, -0.1) is 0 Å². The van der Waals surface area contributed by atoms with E-state index in [1.165, 1.54) is 4.52 Å². The lowest BCUT2D eigenvalue weighted by Gasteiger charge is -2.36. The SMILES string of the molecule is COc1ccccc1N1CCN(Cc2cc(=O)n3[nH]c(-c4ccccc4)nc3n2)CC1. The van der Waals surface area contributed by atoms with E-state index in [2.05, 4.69) is 30.9 Å². The molecule has 8 nitrogen and oxygen atoms in total. The third-order valence-electron chi connectivity index (χ3n) is 5.61. The first-order chi connectivity index (χ1) is 15.2. The van der Waals surface area contributed by atoms with E-state index in [0.717, 1.165) is 48.9 Å². The minimum Gasteiger partial charge on any atom is -0.495 e. The molecule has 2 aromatic carbocycles. The van der Waals surface area contributed by atoms with Crippen LogP contribution < -0.4 is 15.2 Å². The summed E-state index contributed by atoms with van der Waals surface area (Å²) in [4.78, 5) is 26.4. The standard InChI is InChI=1S/C23H24N6O2/c1-31-20-10-6-5-9-19(20)28-13-11-27(12-14-28)16-18-15-21(30)29-23(24-18)25-22(26-29)17-7-3-2-4-8-17/h2-10,15H,11-14,16H2,1H3,(H,24,25,26). The first kappa shape index (κ1) is 19.3. The molecule has 0 amide bonds. The number of fused-ring (bicyclic) bond motifs is 1. The fourth-order valence-electron chi connectivity index (χ4n) is 4.00. The number of nitrogens with zero attached hydrogens (tertiary/aromatic N) is 5. The molecule has 1 aliphatic rings. The molecule has 8 heteroatoms. The van der Waals surface area contributed by atoms with Gasteiger partial charge >= 0.3 is 0 Å². The Kier molecular flexibility index (Phi) is 5.13. The maximum atomic E-state index is 12.6. The van der Waals surface area contributed by atoms with E-state index in [1.807, 2.05) is 48.5 Å². The molecule has 0 saturated carbocycles. The summed E-state index contributed by atoms with van der Waals surface area (Å²) in [5.74, 6) is 1.92. The Morgan fingerprint density at radius 3 is 2.48 bits per heavy atom. The molecule has 3 heterocycles. The number of anilines is 1. The topological polar surface area (TPSA) is 78.8 Å². The van der Waals surface area contributed by atoms with Gasteiger partial charge in [0.05, 0.1) is 18.5 Å². The number of para-hydroxylation sites is 2. The molecule has 1 aliphatic heterocycles. The maximum absolute atomic E-state index is 12.6. The molecule has 0 bridgehead atoms. The van der Waals surface area contributed by atoms with Crippen LogP contribution in [0.3, 0.4) is 0 Å². The van der Waals surface area contributed by atoms with Crippen molar-refractivity contribution in [3.8, 4) is 17.1 Å². The summed E-state index contributed by atoms with van der Waals surface area (Å²) in [5.41, 5.74) is 2.62. The Morgan fingerprint density at radius 1 is 0.968 bits per heavy atom. The average molecular weight is 416 g/mol. The van der Waals surface area contributed by atoms with Crippen LogP contribution in [0.2, 0.25) is 0 Å². The van der Waals surface area contributed by atoms with E-state index in [-0.39, 0.29) is 5.56 Å². The Bertz CT molecular complexity index is 1240. The van der Waals surface area contributed by atoms with E-state index >= 15 is 0 Å². The first-order valence-corrected chi connectivity index (χ1v) is 10.4. The predicted molar refractivity (Wildman–Crippen MR) is 120 cm³/mol. The van der Waals surface area contributed by atoms with Crippen LogP contribution >= 0.6 is 0 Å². The minimum absolute atomic E-state index is 0.151. The van der Waals surface area contributed by atoms with E-state index in [0.29, 0.717) is 18.1 Å². The van der Waals surface area contributed by atoms with E-state index in [4.69, 9.17) is 4.74 Å². The summed E-state index contributed by atoms with van der Waals surface area (Å²) in [7, 11) is 1.70. The van der Waals surface area contributed by atoms with Crippen molar-refractivity contribution in [1.29, 1.82) is 0 Å². The molecule has 31 heavy (non-hydrogen) atoms. The van der Waals surface area contributed by atoms with Gasteiger partial charge in [-0.3, -0.25) is 14.8 Å². The Morgan fingerprint density at radius 2 is 1.71 bits per heavy atom. The summed E-state index contributed by atoms with van der Waals surface area (Å²) < 4.78 is 6.89. The fourth-order valence-corrected chi connectivity index (χ4v) is 4.00. The van der Waals surface area contributed by atoms with Gasteiger partial charge in [0.25, 0.3) is 11.3 Å². The monoisotopic (exact) mass is 416 g/mol. The fraction of sp³-hybridized carbons (Fsp3) is 0.261. The van der Waals surface area contributed by atoms with Crippen molar-refractivity contribution in [3.05, 3.63) is 76.7 Å². The van der Waals surface area contributed by atoms with Gasteiger partial charge in [0, 0.05) is 44.4 Å². The molecule has 1 fully saturated rings. The van der Waals surface area contributed by atoms with Crippen molar-refractivity contribution in [2.24, 2.45) is 0 Å². The molecular formula is C23H24N6O2. The quantitative estimate of drug-likeness (QED) is 0.538. The molecule has 0 atom stereocenters. The van der Waals surface area contributed by atoms with Crippen LogP contribution in [0.1, 0.15) is 5.69 Å². The summed E-state index contributed by atoms with van der Waals surface area (Å²) >= 11 is 0. The number of benzene rings is 2. The van der Waals surface area contributed by atoms with Gasteiger partial charge in [0.2, 0.25) is 0 Å².